The quantitative estimate of drug-likeness (QED) is 0.272. The first-order chi connectivity index (χ1) is 23.4. The molecule has 0 saturated carbocycles. The molecule has 0 bridgehead atoms. The molecule has 3 heterocycles. The van der Waals surface area contributed by atoms with Crippen LogP contribution in [0, 0.1) is 0 Å². The molecule has 6 rings (SSSR count). The summed E-state index contributed by atoms with van der Waals surface area (Å²) in [5, 5.41) is 7.13. The van der Waals surface area contributed by atoms with E-state index in [0.29, 0.717) is 20.9 Å². The van der Waals surface area contributed by atoms with E-state index in [1.807, 2.05) is 18.2 Å². The lowest BCUT2D eigenvalue weighted by molar-refractivity contribution is -0.157. The van der Waals surface area contributed by atoms with Crippen molar-refractivity contribution in [2.75, 3.05) is 40.0 Å². The van der Waals surface area contributed by atoms with E-state index in [0.717, 1.165) is 26.9 Å². The Labute approximate surface area is 296 Å². The Morgan fingerprint density at radius 1 is 1.04 bits per heavy atom. The van der Waals surface area contributed by atoms with Gasteiger partial charge in [0.25, 0.3) is 0 Å². The van der Waals surface area contributed by atoms with E-state index in [1.54, 1.807) is 78.4 Å². The zero-order valence-electron chi connectivity index (χ0n) is 26.9. The Kier molecular flexibility index (Phi) is 9.84. The number of nitrogen functional groups attached to an aromatic ring is 1. The number of halogens is 2. The van der Waals surface area contributed by atoms with Crippen molar-refractivity contribution in [2.45, 2.75) is 31.7 Å². The summed E-state index contributed by atoms with van der Waals surface area (Å²) in [4.78, 5) is 62.4. The van der Waals surface area contributed by atoms with Gasteiger partial charge >= 0.3 is 12.1 Å². The van der Waals surface area contributed by atoms with E-state index < -0.39 is 24.3 Å². The molecule has 5 amide bonds. The molecule has 0 unspecified atom stereocenters. The van der Waals surface area contributed by atoms with Crippen molar-refractivity contribution in [1.82, 2.24) is 35.0 Å². The normalized spacial score (nSPS) is 17.7. The number of ether oxygens (including phenoxy) is 1. The van der Waals surface area contributed by atoms with Gasteiger partial charge < -0.3 is 30.5 Å². The van der Waals surface area contributed by atoms with Crippen molar-refractivity contribution >= 4 is 73.8 Å². The van der Waals surface area contributed by atoms with Crippen LogP contribution in [-0.4, -0.2) is 100 Å². The molecule has 3 aromatic carbocycles. The summed E-state index contributed by atoms with van der Waals surface area (Å²) in [6.07, 6.45) is -0.941. The molecule has 3 N–H and O–H groups in total. The number of piperazine rings is 1. The molecule has 0 spiro atoms. The van der Waals surface area contributed by atoms with E-state index in [9.17, 15) is 19.2 Å². The second kappa shape index (κ2) is 14.1. The van der Waals surface area contributed by atoms with Crippen LogP contribution in [0.15, 0.2) is 60.7 Å². The fraction of sp³-hybridized carbons (Fsp3) is 0.303. The van der Waals surface area contributed by atoms with Crippen molar-refractivity contribution < 1.29 is 23.9 Å². The highest BCUT2D eigenvalue weighted by Gasteiger charge is 2.51. The minimum Gasteiger partial charge on any atom is -0.410 e. The summed E-state index contributed by atoms with van der Waals surface area (Å²) in [7, 11) is 4.76. The molecule has 1 aromatic heterocycles. The van der Waals surface area contributed by atoms with E-state index in [4.69, 9.17) is 33.7 Å². The van der Waals surface area contributed by atoms with Crippen LogP contribution in [-0.2, 0) is 29.1 Å². The molecular weight excluding hydrogens is 691 g/mol. The number of urea groups is 1. The topological polar surface area (TPSA) is 145 Å². The predicted octanol–water partition coefficient (Wildman–Crippen LogP) is 4.43. The number of aromatic nitrogens is 1. The van der Waals surface area contributed by atoms with Crippen molar-refractivity contribution in [3.63, 3.8) is 0 Å². The number of nitrogens with one attached hydrogen (secondary N) is 1. The number of hydrogen-bond acceptors (Lipinski definition) is 9. The number of para-hydroxylation sites is 1. The van der Waals surface area contributed by atoms with Crippen LogP contribution in [0.25, 0.3) is 10.2 Å². The van der Waals surface area contributed by atoms with Crippen LogP contribution >= 0.6 is 34.5 Å². The number of carbonyl (C=O) groups excluding carboxylic acids is 4. The number of fused-ring (bicyclic) bond motifs is 2. The Hall–Kier alpha value is -4.63. The van der Waals surface area contributed by atoms with Crippen LogP contribution in [0.5, 0.6) is 5.75 Å². The highest BCUT2D eigenvalue weighted by molar-refractivity contribution is 7.22. The number of rotatable bonds is 8. The Bertz CT molecular complexity index is 1920. The summed E-state index contributed by atoms with van der Waals surface area (Å²) >= 11 is 13.5. The van der Waals surface area contributed by atoms with Crippen molar-refractivity contribution in [2.24, 2.45) is 0 Å². The lowest BCUT2D eigenvalue weighted by Gasteiger charge is -2.45. The van der Waals surface area contributed by atoms with Crippen LogP contribution in [0.4, 0.5) is 14.7 Å². The number of nitrogens with two attached hydrogens (primary N) is 1. The molecule has 256 valence electrons. The zero-order chi connectivity index (χ0) is 35.0. The smallest absolute Gasteiger partial charge is 0.410 e. The first kappa shape index (κ1) is 34.2. The minimum atomic E-state index is -0.862. The van der Waals surface area contributed by atoms with Gasteiger partial charge in [0.05, 0.1) is 33.4 Å². The van der Waals surface area contributed by atoms with Gasteiger partial charge in [-0.05, 0) is 47.0 Å². The number of anilines is 1. The highest BCUT2D eigenvalue weighted by Crippen LogP contribution is 2.32. The van der Waals surface area contributed by atoms with E-state index in [1.165, 1.54) is 21.2 Å². The predicted molar refractivity (Wildman–Crippen MR) is 187 cm³/mol. The second-order valence-corrected chi connectivity index (χ2v) is 13.8. The van der Waals surface area contributed by atoms with Crippen LogP contribution in [0.3, 0.4) is 0 Å². The standard InChI is InChI=1S/C33H34Cl2N8O5S/c1-39(2)33(47)48-22-10-7-19(8-11-22)14-25-30(45)41(16-21-5-4-6-26-29(21)38-31(36)49-26)17-27-42(18-28(44)43(25)27)40(3)32(46)37-15-20-9-12-23(34)24(35)13-20/h4-13,25,27H,14-18H2,1-3H3,(H2,36,38)(H,37,46)/t25-,27+/m0/s1. The molecule has 49 heavy (non-hydrogen) atoms. The van der Waals surface area contributed by atoms with Gasteiger partial charge in [0.15, 0.2) is 5.13 Å². The zero-order valence-corrected chi connectivity index (χ0v) is 29.3. The third-order valence-electron chi connectivity index (χ3n) is 8.48. The third kappa shape index (κ3) is 7.22. The molecule has 2 aliphatic heterocycles. The maximum absolute atomic E-state index is 14.3. The maximum atomic E-state index is 14.3. The lowest BCUT2D eigenvalue weighted by atomic mass is 9.99. The summed E-state index contributed by atoms with van der Waals surface area (Å²) in [6, 6.07) is 16.4. The van der Waals surface area contributed by atoms with Gasteiger partial charge in [-0.1, -0.05) is 64.9 Å². The molecule has 13 nitrogen and oxygen atoms in total. The lowest BCUT2D eigenvalue weighted by Crippen LogP contribution is -2.65. The summed E-state index contributed by atoms with van der Waals surface area (Å²) < 4.78 is 6.25. The van der Waals surface area contributed by atoms with Crippen molar-refractivity contribution in [1.29, 1.82) is 0 Å². The first-order valence-corrected chi connectivity index (χ1v) is 16.9. The minimum absolute atomic E-state index is 0.101. The van der Waals surface area contributed by atoms with Gasteiger partial charge in [0, 0.05) is 40.7 Å². The van der Waals surface area contributed by atoms with Gasteiger partial charge in [-0.15, -0.1) is 0 Å². The molecule has 2 fully saturated rings. The summed E-state index contributed by atoms with van der Waals surface area (Å²) in [5.41, 5.74) is 9.07. The van der Waals surface area contributed by atoms with Crippen LogP contribution in [0.2, 0.25) is 10.0 Å². The van der Waals surface area contributed by atoms with Crippen LogP contribution in [0.1, 0.15) is 16.7 Å². The number of hydrogen-bond donors (Lipinski definition) is 2. The van der Waals surface area contributed by atoms with Gasteiger partial charge in [0.1, 0.15) is 18.0 Å². The highest BCUT2D eigenvalue weighted by atomic mass is 35.5. The molecule has 16 heteroatoms. The number of carbonyl (C=O) groups is 4. The van der Waals surface area contributed by atoms with E-state index in [2.05, 4.69) is 10.3 Å². The number of thiazole rings is 1. The van der Waals surface area contributed by atoms with Crippen LogP contribution < -0.4 is 15.8 Å². The maximum Gasteiger partial charge on any atom is 0.414 e. The molecule has 0 aliphatic carbocycles. The van der Waals surface area contributed by atoms with E-state index in [-0.39, 0.29) is 44.4 Å². The number of hydrazine groups is 1. The molecule has 2 atom stereocenters. The molecule has 2 saturated heterocycles. The monoisotopic (exact) mass is 724 g/mol. The molecule has 2 aliphatic rings. The van der Waals surface area contributed by atoms with Crippen molar-refractivity contribution in [3.05, 3.63) is 87.4 Å². The number of nitrogens with zero attached hydrogens (tertiary/aromatic N) is 6. The van der Waals surface area contributed by atoms with Gasteiger partial charge in [-0.25, -0.2) is 14.6 Å². The average Bonchev–Trinajstić information content (AvgIpc) is 3.62. The fourth-order valence-electron chi connectivity index (χ4n) is 5.97. The number of benzene rings is 3. The SMILES string of the molecule is CN(C)C(=O)Oc1ccc(C[C@H]2C(=O)N(Cc3cccc4sc(N)nc34)C[C@H]3N2C(=O)CN3N(C)C(=O)NCc2ccc(Cl)c(Cl)c2)cc1. The van der Waals surface area contributed by atoms with Gasteiger partial charge in [-0.3, -0.25) is 14.6 Å². The van der Waals surface area contributed by atoms with Gasteiger partial charge in [-0.2, -0.15) is 5.01 Å². The van der Waals surface area contributed by atoms with E-state index >= 15 is 0 Å². The summed E-state index contributed by atoms with van der Waals surface area (Å²) in [6.45, 7) is 0.469. The molecular formula is C33H34Cl2N8O5S. The largest absolute Gasteiger partial charge is 0.414 e. The van der Waals surface area contributed by atoms with Gasteiger partial charge in [0.2, 0.25) is 11.8 Å². The van der Waals surface area contributed by atoms with Crippen molar-refractivity contribution in [3.8, 4) is 5.75 Å². The Balaban J connectivity index is 1.26. The number of amides is 5. The Morgan fingerprint density at radius 2 is 1.78 bits per heavy atom. The Morgan fingerprint density at radius 3 is 2.49 bits per heavy atom. The second-order valence-electron chi connectivity index (χ2n) is 12.0. The average molecular weight is 726 g/mol. The first-order valence-electron chi connectivity index (χ1n) is 15.3. The summed E-state index contributed by atoms with van der Waals surface area (Å²) in [5.74, 6) is -0.163. The fourth-order valence-corrected chi connectivity index (χ4v) is 7.08. The molecule has 0 radical (unpaired) electrons. The molecule has 4 aromatic rings. The third-order valence-corrected chi connectivity index (χ3v) is 10.1.